The quantitative estimate of drug-likeness (QED) is 0.00653. The molecule has 0 saturated heterocycles. The van der Waals surface area contributed by atoms with Crippen molar-refractivity contribution in [3.8, 4) is 11.5 Å². The van der Waals surface area contributed by atoms with Gasteiger partial charge in [0.1, 0.15) is 23.0 Å². The Morgan fingerprint density at radius 3 is 1.64 bits per heavy atom. The van der Waals surface area contributed by atoms with Crippen molar-refractivity contribution in [2.24, 2.45) is 15.6 Å². The van der Waals surface area contributed by atoms with Crippen LogP contribution in [-0.4, -0.2) is 94.8 Å². The minimum Gasteiger partial charge on any atom is -0.691 e. The molecule has 0 radical (unpaired) electrons. The molecule has 6 N–H and O–H groups in total. The van der Waals surface area contributed by atoms with Gasteiger partial charge in [-0.3, -0.25) is 24.0 Å². The third kappa shape index (κ3) is 29.9. The molecule has 0 fully saturated rings. The summed E-state index contributed by atoms with van der Waals surface area (Å²) in [4.78, 5) is 42.4. The number of halogens is 1. The van der Waals surface area contributed by atoms with Gasteiger partial charge in [0.05, 0.1) is 71.4 Å². The predicted octanol–water partition coefficient (Wildman–Crippen LogP) is -1.34. The molecule has 0 spiro atoms. The number of rotatable bonds is 20. The zero-order valence-electron chi connectivity index (χ0n) is 38.5. The van der Waals surface area contributed by atoms with E-state index in [4.69, 9.17) is 29.9 Å². The normalized spacial score (nSPS) is 11.2. The summed E-state index contributed by atoms with van der Waals surface area (Å²) >= 11 is -2.20. The molecule has 0 aliphatic rings. The smallest absolute Gasteiger partial charge is 0.691 e. The van der Waals surface area contributed by atoms with Crippen LogP contribution in [0.5, 0.6) is 11.5 Å². The second-order valence-corrected chi connectivity index (χ2v) is 19.0. The van der Waals surface area contributed by atoms with Crippen LogP contribution in [0.15, 0.2) is 134 Å². The number of para-hydroxylation sites is 4. The number of hydrogen-bond donors (Lipinski definition) is 5. The van der Waals surface area contributed by atoms with Gasteiger partial charge in [-0.1, -0.05) is 31.7 Å². The Morgan fingerprint density at radius 2 is 1.21 bits per heavy atom. The molecule has 0 saturated carbocycles. The summed E-state index contributed by atoms with van der Waals surface area (Å²) in [6, 6.07) is 24.3. The third-order valence-corrected chi connectivity index (χ3v) is 12.5. The summed E-state index contributed by atoms with van der Waals surface area (Å²) in [5.74, 6) is -2.20. The summed E-state index contributed by atoms with van der Waals surface area (Å²) in [6.07, 6.45) is -0.113. The Morgan fingerprint density at radius 1 is 0.764 bits per heavy atom. The average molecular weight is 1130 g/mol. The summed E-state index contributed by atoms with van der Waals surface area (Å²) in [5.41, 5.74) is 6.59. The van der Waals surface area contributed by atoms with Gasteiger partial charge >= 0.3 is 69.5 Å². The molecular formula is C39H49ClN6Na2O20S4. The van der Waals surface area contributed by atoms with E-state index in [1.165, 1.54) is 76.6 Å². The molecule has 0 bridgehead atoms. The van der Waals surface area contributed by atoms with Gasteiger partial charge in [0.25, 0.3) is 5.91 Å². The number of aliphatic hydroxyl groups is 1. The molecule has 2 amide bonds. The third-order valence-electron chi connectivity index (χ3n) is 7.61. The molecule has 0 aromatic heterocycles. The van der Waals surface area contributed by atoms with Crippen molar-refractivity contribution >= 4 is 93.9 Å². The number of ether oxygens (including phenoxy) is 2. The number of benzene rings is 4. The molecule has 1 atom stereocenters. The number of nitrogens with zero attached hydrogens (tertiary/aromatic N) is 3. The fourth-order valence-corrected chi connectivity index (χ4v) is 8.44. The zero-order chi connectivity index (χ0) is 51.5. The molecule has 33 heteroatoms. The molecule has 4 aromatic rings. The summed E-state index contributed by atoms with van der Waals surface area (Å²) in [5, 5.41) is 44.4. The first-order valence-corrected chi connectivity index (χ1v) is 24.4. The molecular weight excluding hydrogens is 1080 g/mol. The average Bonchev–Trinajstić information content (AvgIpc) is 3.26. The molecule has 4 rings (SSSR count). The van der Waals surface area contributed by atoms with Crippen molar-refractivity contribution in [1.29, 1.82) is 0 Å². The summed E-state index contributed by atoms with van der Waals surface area (Å²) < 4.78 is 106. The van der Waals surface area contributed by atoms with Crippen LogP contribution in [0.1, 0.15) is 27.7 Å². The number of sulfone groups is 2. The van der Waals surface area contributed by atoms with Crippen LogP contribution >= 0.6 is 12.4 Å². The summed E-state index contributed by atoms with van der Waals surface area (Å²) in [7, 11) is -9.13. The minimum absolute atomic E-state index is 0. The van der Waals surface area contributed by atoms with Crippen molar-refractivity contribution in [3.63, 3.8) is 0 Å². The van der Waals surface area contributed by atoms with Gasteiger partial charge in [0, 0.05) is 5.69 Å². The maximum absolute atomic E-state index is 12.5. The van der Waals surface area contributed by atoms with Gasteiger partial charge < -0.3 is 46.3 Å². The van der Waals surface area contributed by atoms with Gasteiger partial charge in [0.15, 0.2) is 36.5 Å². The maximum atomic E-state index is 12.5. The van der Waals surface area contributed by atoms with Crippen LogP contribution in [0.3, 0.4) is 0 Å². The second kappa shape index (κ2) is 38.1. The Hall–Kier alpha value is -4.48. The predicted molar refractivity (Wildman–Crippen MR) is 256 cm³/mol. The Balaban J connectivity index is -0.000000501. The van der Waals surface area contributed by atoms with Crippen LogP contribution in [0.4, 0.5) is 22.7 Å². The van der Waals surface area contributed by atoms with E-state index < -0.39 is 70.9 Å². The standard InChI is InChI=1S/C19H21N3O9S2.C11H13NO3.C8H11NO6S2.CH4.ClH.HNO2.2Na/c1-13(23)18(19(24)20-16-5-3-4-6-17(16)29-2)22-21-14-7-9-15(10-8-14)33(27,28)12-11-32(26)31-30-25;1-8(13)7-11(14)12-9-5-3-4-6-10(9)15-2;9-7-1-3-8(4-2-7)16(10,11)6-5-15-17(12,13)14;;;2-1-3;;/h3-10,23,25H,11-12H2,1-2H3,(H,20,24);3-6H,7H2,1-2H3,(H,12,14);1-4H,5-6,9H2,(H,12,13,14);1H4;1H;(H,2,3);;/q;;;;;;2*+1/p-2. The fraction of sp³-hybridized carbons (Fsp3) is 0.256. The Kier molecular flexibility index (Phi) is 39.2. The molecule has 0 heterocycles. The number of nitrogen functional groups attached to an aromatic ring is 1. The Bertz CT molecular complexity index is 2740. The van der Waals surface area contributed by atoms with E-state index in [2.05, 4.69) is 34.4 Å². The largest absolute Gasteiger partial charge is 1.00 e. The van der Waals surface area contributed by atoms with Gasteiger partial charge in [-0.05, 0) is 86.6 Å². The van der Waals surface area contributed by atoms with E-state index in [-0.39, 0.29) is 124 Å². The van der Waals surface area contributed by atoms with Gasteiger partial charge in [0.2, 0.25) is 5.91 Å². The number of hydrogen-bond acceptors (Lipinski definition) is 23. The van der Waals surface area contributed by atoms with E-state index in [1.54, 1.807) is 48.5 Å². The van der Waals surface area contributed by atoms with Crippen molar-refractivity contribution in [2.75, 3.05) is 54.5 Å². The van der Waals surface area contributed by atoms with Crippen LogP contribution in [-0.2, 0) is 69.1 Å². The zero-order valence-corrected chi connectivity index (χ0v) is 46.6. The van der Waals surface area contributed by atoms with Gasteiger partial charge in [-0.25, -0.2) is 25.2 Å². The molecule has 4 aromatic carbocycles. The number of anilines is 3. The molecule has 26 nitrogen and oxygen atoms in total. The first-order valence-electron chi connectivity index (χ1n) is 18.4. The number of ketones is 1. The first kappa shape index (κ1) is 74.0. The van der Waals surface area contributed by atoms with E-state index in [1.807, 2.05) is 0 Å². The van der Waals surface area contributed by atoms with E-state index >= 15 is 0 Å². The first-order chi connectivity index (χ1) is 31.9. The number of nitrogens with two attached hydrogens (primary N) is 1. The number of aliphatic hydroxyl groups excluding tert-OH is 1. The van der Waals surface area contributed by atoms with Crippen molar-refractivity contribution < 1.29 is 141 Å². The Labute approximate surface area is 468 Å². The monoisotopic (exact) mass is 1130 g/mol. The number of nitrogens with one attached hydrogen (secondary N) is 2. The van der Waals surface area contributed by atoms with Crippen LogP contribution < -0.4 is 90.2 Å². The fourth-order valence-electron chi connectivity index (χ4n) is 4.61. The van der Waals surface area contributed by atoms with E-state index in [0.29, 0.717) is 28.6 Å². The maximum Gasteiger partial charge on any atom is 1.00 e. The number of carbonyl (C=O) groups excluding carboxylic acids is 3. The van der Waals surface area contributed by atoms with Crippen molar-refractivity contribution in [1.82, 2.24) is 0 Å². The van der Waals surface area contributed by atoms with Crippen LogP contribution in [0.2, 0.25) is 0 Å². The molecule has 388 valence electrons. The topological polar surface area (TPSA) is 408 Å². The second-order valence-electron chi connectivity index (χ2n) is 12.6. The van der Waals surface area contributed by atoms with Crippen molar-refractivity contribution in [3.05, 3.63) is 119 Å². The number of Topliss-reactive ketones (excluding diaryl/α,β-unsaturated/α-hetero) is 1. The minimum atomic E-state index is -4.62. The molecule has 0 aliphatic heterocycles. The number of azo groups is 1. The van der Waals surface area contributed by atoms with E-state index in [0.717, 1.165) is 5.34 Å². The van der Waals surface area contributed by atoms with Crippen LogP contribution in [0, 0.1) is 10.1 Å². The molecule has 72 heavy (non-hydrogen) atoms. The van der Waals surface area contributed by atoms with Gasteiger partial charge in [-0.15, -0.1) is 27.2 Å². The number of amides is 2. The molecule has 1 unspecified atom stereocenters. The van der Waals surface area contributed by atoms with Crippen LogP contribution in [0.25, 0.3) is 0 Å². The molecule has 0 aliphatic carbocycles. The number of carbonyl (C=O) groups is 3. The van der Waals surface area contributed by atoms with Crippen molar-refractivity contribution in [2.45, 2.75) is 37.5 Å². The number of methoxy groups -OCH3 is 2. The SMILES string of the molecule is C.COc1ccccc1NC(=O)C(N=Nc1ccc(S(=O)(=O)CCS(=O)OO[O-])cc1)=C(C)O.COc1ccccc1NC(=O)CC(C)=O.Cl.Nc1ccc(S(=O)(=O)CCOS(=O)(=O)O)cc1.O=N[O-].[Na+].[Na+]. The van der Waals surface area contributed by atoms with Gasteiger partial charge in [-0.2, -0.15) is 13.5 Å². The number of allylic oxidation sites excluding steroid dienone is 1. The summed E-state index contributed by atoms with van der Waals surface area (Å²) in [6.45, 7) is 1.99. The van der Waals surface area contributed by atoms with E-state index in [9.17, 15) is 54.2 Å².